The van der Waals surface area contributed by atoms with Gasteiger partial charge in [0.05, 0.1) is 6.54 Å². The monoisotopic (exact) mass is 252 g/mol. The van der Waals surface area contributed by atoms with Gasteiger partial charge in [-0.1, -0.05) is 19.0 Å². The average Bonchev–Trinajstić information content (AvgIpc) is 2.86. The summed E-state index contributed by atoms with van der Waals surface area (Å²) in [5, 5.41) is 6.45. The van der Waals surface area contributed by atoms with E-state index in [0.717, 1.165) is 0 Å². The fourth-order valence-corrected chi connectivity index (χ4v) is 2.20. The maximum absolute atomic E-state index is 12.4. The van der Waals surface area contributed by atoms with Gasteiger partial charge in [0.15, 0.2) is 5.82 Å². The highest BCUT2D eigenvalue weighted by Gasteiger charge is 2.44. The summed E-state index contributed by atoms with van der Waals surface area (Å²) in [6, 6.07) is 0. The summed E-state index contributed by atoms with van der Waals surface area (Å²) in [5.74, 6) is 0.165. The van der Waals surface area contributed by atoms with E-state index < -0.39 is 5.54 Å². The van der Waals surface area contributed by atoms with Gasteiger partial charge < -0.3 is 14.7 Å². The van der Waals surface area contributed by atoms with Crippen LogP contribution in [-0.4, -0.2) is 38.9 Å². The van der Waals surface area contributed by atoms with Crippen LogP contribution in [0.3, 0.4) is 0 Å². The first-order chi connectivity index (χ1) is 8.61. The van der Waals surface area contributed by atoms with Crippen molar-refractivity contribution >= 4 is 11.8 Å². The largest absolute Gasteiger partial charge is 0.343 e. The van der Waals surface area contributed by atoms with Gasteiger partial charge in [0.1, 0.15) is 12.1 Å². The van der Waals surface area contributed by atoms with Gasteiger partial charge in [0, 0.05) is 0 Å². The standard InChI is InChI=1S/C11H16N4O3/c1-3-11(4-2)10(17)15(6-9(16)13-11)5-8-12-7-18-14-8/h7H,3-6H2,1-2H3,(H,13,16). The van der Waals surface area contributed by atoms with Gasteiger partial charge in [-0.25, -0.2) is 0 Å². The summed E-state index contributed by atoms with van der Waals surface area (Å²) in [6.07, 6.45) is 2.34. The van der Waals surface area contributed by atoms with E-state index in [-0.39, 0.29) is 24.9 Å². The van der Waals surface area contributed by atoms with Crippen LogP contribution in [-0.2, 0) is 16.1 Å². The summed E-state index contributed by atoms with van der Waals surface area (Å²) in [7, 11) is 0. The number of amides is 2. The second-order valence-corrected chi connectivity index (χ2v) is 4.35. The molecule has 0 aromatic carbocycles. The van der Waals surface area contributed by atoms with Crippen molar-refractivity contribution in [1.82, 2.24) is 20.4 Å². The number of nitrogens with one attached hydrogen (secondary N) is 1. The molecule has 1 N–H and O–H groups in total. The lowest BCUT2D eigenvalue weighted by Gasteiger charge is -2.40. The molecule has 0 aliphatic carbocycles. The van der Waals surface area contributed by atoms with Crippen molar-refractivity contribution in [3.05, 3.63) is 12.2 Å². The van der Waals surface area contributed by atoms with Crippen LogP contribution in [0.5, 0.6) is 0 Å². The SMILES string of the molecule is CCC1(CC)NC(=O)CN(Cc2ncon2)C1=O. The van der Waals surface area contributed by atoms with E-state index in [4.69, 9.17) is 0 Å². The first-order valence-corrected chi connectivity index (χ1v) is 5.97. The minimum Gasteiger partial charge on any atom is -0.343 e. The number of aromatic nitrogens is 2. The second kappa shape index (κ2) is 4.75. The van der Waals surface area contributed by atoms with E-state index in [1.807, 2.05) is 13.8 Å². The number of carbonyl (C=O) groups excluding carboxylic acids is 2. The molecule has 1 aliphatic rings. The lowest BCUT2D eigenvalue weighted by Crippen LogP contribution is -2.65. The Morgan fingerprint density at radius 3 is 2.72 bits per heavy atom. The fraction of sp³-hybridized carbons (Fsp3) is 0.636. The molecule has 1 aliphatic heterocycles. The van der Waals surface area contributed by atoms with E-state index in [2.05, 4.69) is 20.0 Å². The first kappa shape index (κ1) is 12.5. The Morgan fingerprint density at radius 1 is 1.44 bits per heavy atom. The molecule has 2 heterocycles. The van der Waals surface area contributed by atoms with E-state index in [9.17, 15) is 9.59 Å². The Kier molecular flexibility index (Phi) is 3.31. The van der Waals surface area contributed by atoms with Crippen molar-refractivity contribution in [2.24, 2.45) is 0 Å². The van der Waals surface area contributed by atoms with Crippen molar-refractivity contribution in [3.63, 3.8) is 0 Å². The zero-order chi connectivity index (χ0) is 13.2. The highest BCUT2D eigenvalue weighted by molar-refractivity contribution is 5.97. The average molecular weight is 252 g/mol. The lowest BCUT2D eigenvalue weighted by molar-refractivity contribution is -0.151. The molecule has 1 fully saturated rings. The van der Waals surface area contributed by atoms with E-state index in [1.54, 1.807) is 0 Å². The van der Waals surface area contributed by atoms with E-state index in [1.165, 1.54) is 11.3 Å². The molecule has 0 saturated carbocycles. The molecule has 98 valence electrons. The minimum atomic E-state index is -0.793. The molecule has 0 spiro atoms. The van der Waals surface area contributed by atoms with Gasteiger partial charge in [-0.3, -0.25) is 9.59 Å². The summed E-state index contributed by atoms with van der Waals surface area (Å²) in [5.41, 5.74) is -0.793. The predicted molar refractivity (Wildman–Crippen MR) is 61.2 cm³/mol. The Labute approximate surface area is 105 Å². The number of hydrogen-bond acceptors (Lipinski definition) is 5. The van der Waals surface area contributed by atoms with Crippen LogP contribution < -0.4 is 5.32 Å². The van der Waals surface area contributed by atoms with Gasteiger partial charge in [0.2, 0.25) is 18.2 Å². The predicted octanol–water partition coefficient (Wildman–Crippen LogP) is 0.0868. The maximum Gasteiger partial charge on any atom is 0.249 e. The van der Waals surface area contributed by atoms with E-state index in [0.29, 0.717) is 18.7 Å². The smallest absolute Gasteiger partial charge is 0.249 e. The van der Waals surface area contributed by atoms with Crippen molar-refractivity contribution in [2.75, 3.05) is 6.54 Å². The first-order valence-electron chi connectivity index (χ1n) is 5.97. The topological polar surface area (TPSA) is 88.3 Å². The van der Waals surface area contributed by atoms with Gasteiger partial charge in [-0.15, -0.1) is 0 Å². The third-order valence-electron chi connectivity index (χ3n) is 3.36. The second-order valence-electron chi connectivity index (χ2n) is 4.35. The van der Waals surface area contributed by atoms with Crippen LogP contribution in [0.15, 0.2) is 10.9 Å². The molecule has 0 radical (unpaired) electrons. The van der Waals surface area contributed by atoms with Crippen molar-refractivity contribution in [1.29, 1.82) is 0 Å². The highest BCUT2D eigenvalue weighted by Crippen LogP contribution is 2.22. The normalized spacial score (nSPS) is 18.9. The third-order valence-corrected chi connectivity index (χ3v) is 3.36. The zero-order valence-electron chi connectivity index (χ0n) is 10.5. The maximum atomic E-state index is 12.4. The van der Waals surface area contributed by atoms with Crippen LogP contribution in [0.25, 0.3) is 0 Å². The molecular weight excluding hydrogens is 236 g/mol. The molecule has 0 atom stereocenters. The third kappa shape index (κ3) is 2.07. The number of hydrogen-bond donors (Lipinski definition) is 1. The minimum absolute atomic E-state index is 0.0368. The fourth-order valence-electron chi connectivity index (χ4n) is 2.20. The molecule has 7 heteroatoms. The number of carbonyl (C=O) groups is 2. The molecule has 1 aromatic heterocycles. The molecule has 2 amide bonds. The van der Waals surface area contributed by atoms with Gasteiger partial charge in [0.25, 0.3) is 0 Å². The van der Waals surface area contributed by atoms with Crippen molar-refractivity contribution in [3.8, 4) is 0 Å². The Bertz CT molecular complexity index is 439. The number of piperazine rings is 1. The van der Waals surface area contributed by atoms with Gasteiger partial charge >= 0.3 is 0 Å². The molecule has 1 saturated heterocycles. The summed E-state index contributed by atoms with van der Waals surface area (Å²) < 4.78 is 4.62. The van der Waals surface area contributed by atoms with Crippen LogP contribution >= 0.6 is 0 Å². The molecule has 2 rings (SSSR count). The summed E-state index contributed by atoms with van der Waals surface area (Å²) in [6.45, 7) is 4.01. The molecule has 0 bridgehead atoms. The zero-order valence-corrected chi connectivity index (χ0v) is 10.5. The van der Waals surface area contributed by atoms with Crippen LogP contribution in [0.2, 0.25) is 0 Å². The molecular formula is C11H16N4O3. The van der Waals surface area contributed by atoms with Crippen LogP contribution in [0.1, 0.15) is 32.5 Å². The highest BCUT2D eigenvalue weighted by atomic mass is 16.5. The van der Waals surface area contributed by atoms with E-state index >= 15 is 0 Å². The number of nitrogens with zero attached hydrogens (tertiary/aromatic N) is 3. The number of rotatable bonds is 4. The quantitative estimate of drug-likeness (QED) is 0.820. The molecule has 18 heavy (non-hydrogen) atoms. The Balaban J connectivity index is 2.20. The van der Waals surface area contributed by atoms with Crippen molar-refractivity contribution in [2.45, 2.75) is 38.8 Å². The van der Waals surface area contributed by atoms with Gasteiger partial charge in [-0.2, -0.15) is 4.98 Å². The summed E-state index contributed by atoms with van der Waals surface area (Å²) >= 11 is 0. The Hall–Kier alpha value is -1.92. The molecule has 0 unspecified atom stereocenters. The van der Waals surface area contributed by atoms with Crippen LogP contribution in [0.4, 0.5) is 0 Å². The lowest BCUT2D eigenvalue weighted by atomic mass is 9.89. The van der Waals surface area contributed by atoms with Gasteiger partial charge in [-0.05, 0) is 12.8 Å². The molecule has 1 aromatic rings. The van der Waals surface area contributed by atoms with Crippen LogP contribution in [0, 0.1) is 0 Å². The Morgan fingerprint density at radius 2 is 2.17 bits per heavy atom. The van der Waals surface area contributed by atoms with Crippen molar-refractivity contribution < 1.29 is 14.1 Å². The summed E-state index contributed by atoms with van der Waals surface area (Å²) in [4.78, 5) is 29.5. The molecule has 7 nitrogen and oxygen atoms in total.